The highest BCUT2D eigenvalue weighted by Crippen LogP contribution is 2.66. The van der Waals surface area contributed by atoms with Crippen molar-refractivity contribution in [3.05, 3.63) is 113 Å². The Labute approximate surface area is 184 Å². The van der Waals surface area contributed by atoms with Crippen molar-refractivity contribution in [2.24, 2.45) is 0 Å². The second-order valence-electron chi connectivity index (χ2n) is 7.31. The molecule has 0 aromatic heterocycles. The standard InChI is InChI=1S/C26H27O4P/c1-3-28-31(27,29-4-2)24-20-26(22-16-10-6-11-17-22,23-18-12-7-13-19-23)30-25(24)21-14-8-5-9-15-21/h5-19H,3-4,20H2,1-2H3. The Morgan fingerprint density at radius 3 is 1.68 bits per heavy atom. The maximum atomic E-state index is 14.0. The first-order chi connectivity index (χ1) is 15.1. The first kappa shape index (κ1) is 21.6. The van der Waals surface area contributed by atoms with E-state index in [1.165, 1.54) is 0 Å². The number of rotatable bonds is 8. The highest BCUT2D eigenvalue weighted by molar-refractivity contribution is 7.58. The van der Waals surface area contributed by atoms with E-state index in [0.717, 1.165) is 16.7 Å². The van der Waals surface area contributed by atoms with E-state index in [2.05, 4.69) is 0 Å². The van der Waals surface area contributed by atoms with Gasteiger partial charge in [0.1, 0.15) is 5.76 Å². The van der Waals surface area contributed by atoms with Crippen LogP contribution in [0.2, 0.25) is 0 Å². The van der Waals surface area contributed by atoms with Crippen molar-refractivity contribution in [3.63, 3.8) is 0 Å². The van der Waals surface area contributed by atoms with Gasteiger partial charge < -0.3 is 13.8 Å². The molecule has 0 atom stereocenters. The Kier molecular flexibility index (Phi) is 6.43. The summed E-state index contributed by atoms with van der Waals surface area (Å²) >= 11 is 0. The summed E-state index contributed by atoms with van der Waals surface area (Å²) in [5.41, 5.74) is 2.01. The van der Waals surface area contributed by atoms with Crippen LogP contribution in [0.1, 0.15) is 37.0 Å². The van der Waals surface area contributed by atoms with E-state index in [-0.39, 0.29) is 13.2 Å². The van der Waals surface area contributed by atoms with Crippen molar-refractivity contribution in [2.75, 3.05) is 13.2 Å². The van der Waals surface area contributed by atoms with Crippen LogP contribution in [0.25, 0.3) is 5.76 Å². The van der Waals surface area contributed by atoms with Gasteiger partial charge in [-0.1, -0.05) is 91.0 Å². The predicted molar refractivity (Wildman–Crippen MR) is 124 cm³/mol. The molecule has 0 N–H and O–H groups in total. The van der Waals surface area contributed by atoms with Crippen LogP contribution in [0.4, 0.5) is 0 Å². The Bertz CT molecular complexity index is 1030. The molecule has 0 bridgehead atoms. The summed E-state index contributed by atoms with van der Waals surface area (Å²) in [5, 5.41) is 0.579. The smallest absolute Gasteiger partial charge is 0.361 e. The second-order valence-corrected chi connectivity index (χ2v) is 9.36. The molecule has 3 aromatic rings. The third-order valence-electron chi connectivity index (χ3n) is 5.40. The molecule has 4 rings (SSSR count). The number of hydrogen-bond donors (Lipinski definition) is 0. The molecule has 1 heterocycles. The second kappa shape index (κ2) is 9.23. The summed E-state index contributed by atoms with van der Waals surface area (Å²) in [4.78, 5) is 0. The van der Waals surface area contributed by atoms with E-state index in [0.29, 0.717) is 17.5 Å². The Balaban J connectivity index is 1.93. The third-order valence-corrected chi connectivity index (χ3v) is 7.62. The summed E-state index contributed by atoms with van der Waals surface area (Å²) in [5.74, 6) is 0.568. The lowest BCUT2D eigenvalue weighted by Gasteiger charge is -2.31. The van der Waals surface area contributed by atoms with E-state index < -0.39 is 13.2 Å². The van der Waals surface area contributed by atoms with Gasteiger partial charge in [-0.2, -0.15) is 0 Å². The molecule has 1 aliphatic heterocycles. The molecule has 0 aliphatic carbocycles. The van der Waals surface area contributed by atoms with Crippen LogP contribution in [-0.2, 0) is 24.0 Å². The van der Waals surface area contributed by atoms with Crippen LogP contribution < -0.4 is 0 Å². The first-order valence-electron chi connectivity index (χ1n) is 10.6. The molecule has 1 aliphatic rings. The molecule has 0 radical (unpaired) electrons. The summed E-state index contributed by atoms with van der Waals surface area (Å²) in [7, 11) is -3.55. The zero-order chi connectivity index (χ0) is 21.7. The van der Waals surface area contributed by atoms with E-state index in [9.17, 15) is 4.57 Å². The van der Waals surface area contributed by atoms with Gasteiger partial charge >= 0.3 is 7.60 Å². The molecule has 0 saturated heterocycles. The maximum absolute atomic E-state index is 14.0. The van der Waals surface area contributed by atoms with Crippen molar-refractivity contribution in [3.8, 4) is 0 Å². The fourth-order valence-electron chi connectivity index (χ4n) is 4.06. The van der Waals surface area contributed by atoms with Crippen LogP contribution in [-0.4, -0.2) is 13.2 Å². The molecular formula is C26H27O4P. The van der Waals surface area contributed by atoms with Crippen LogP contribution >= 0.6 is 7.60 Å². The van der Waals surface area contributed by atoms with Gasteiger partial charge in [-0.3, -0.25) is 4.57 Å². The van der Waals surface area contributed by atoms with Gasteiger partial charge in [0.15, 0.2) is 5.60 Å². The van der Waals surface area contributed by atoms with Crippen molar-refractivity contribution < 1.29 is 18.3 Å². The van der Waals surface area contributed by atoms with Crippen LogP contribution in [0.15, 0.2) is 96.3 Å². The van der Waals surface area contributed by atoms with Crippen LogP contribution in [0, 0.1) is 0 Å². The van der Waals surface area contributed by atoms with Gasteiger partial charge in [0.25, 0.3) is 0 Å². The van der Waals surface area contributed by atoms with Gasteiger partial charge in [-0.15, -0.1) is 0 Å². The van der Waals surface area contributed by atoms with E-state index in [4.69, 9.17) is 13.8 Å². The van der Waals surface area contributed by atoms with Crippen LogP contribution in [0.3, 0.4) is 0 Å². The number of hydrogen-bond acceptors (Lipinski definition) is 4. The van der Waals surface area contributed by atoms with Gasteiger partial charge in [-0.25, -0.2) is 0 Å². The highest BCUT2D eigenvalue weighted by atomic mass is 31.2. The van der Waals surface area contributed by atoms with E-state index >= 15 is 0 Å². The Hall–Kier alpha value is -2.65. The molecule has 5 heteroatoms. The largest absolute Gasteiger partial charge is 0.476 e. The van der Waals surface area contributed by atoms with Crippen LogP contribution in [0.5, 0.6) is 0 Å². The van der Waals surface area contributed by atoms with Gasteiger partial charge in [0, 0.05) is 23.1 Å². The van der Waals surface area contributed by atoms with Crippen molar-refractivity contribution in [1.29, 1.82) is 0 Å². The average Bonchev–Trinajstić information content (AvgIpc) is 3.24. The van der Waals surface area contributed by atoms with E-state index in [1.807, 2.05) is 105 Å². The summed E-state index contributed by atoms with van der Waals surface area (Å²) < 4.78 is 32.3. The fourth-order valence-corrected chi connectivity index (χ4v) is 5.96. The minimum absolute atomic E-state index is 0.284. The lowest BCUT2D eigenvalue weighted by molar-refractivity contribution is 0.100. The molecule has 0 saturated carbocycles. The normalized spacial score (nSPS) is 15.7. The van der Waals surface area contributed by atoms with Crippen molar-refractivity contribution in [2.45, 2.75) is 25.9 Å². The van der Waals surface area contributed by atoms with Gasteiger partial charge in [0.2, 0.25) is 0 Å². The summed E-state index contributed by atoms with van der Waals surface area (Å²) in [6, 6.07) is 29.9. The topological polar surface area (TPSA) is 44.8 Å². The number of benzene rings is 3. The molecule has 160 valence electrons. The fraction of sp³-hybridized carbons (Fsp3) is 0.231. The Morgan fingerprint density at radius 1 is 0.774 bits per heavy atom. The lowest BCUT2D eigenvalue weighted by atomic mass is 9.84. The van der Waals surface area contributed by atoms with E-state index in [1.54, 1.807) is 0 Å². The summed E-state index contributed by atoms with van der Waals surface area (Å²) in [6.45, 7) is 4.22. The minimum Gasteiger partial charge on any atom is -0.476 e. The molecule has 0 amide bonds. The molecule has 0 fully saturated rings. The average molecular weight is 434 g/mol. The molecule has 31 heavy (non-hydrogen) atoms. The predicted octanol–water partition coefficient (Wildman–Crippen LogP) is 6.99. The molecule has 3 aromatic carbocycles. The zero-order valence-corrected chi connectivity index (χ0v) is 18.8. The zero-order valence-electron chi connectivity index (χ0n) is 17.9. The third kappa shape index (κ3) is 4.12. The SMILES string of the molecule is CCOP(=O)(OCC)C1=C(c2ccccc2)OC(c2ccccc2)(c2ccccc2)C1. The molecular weight excluding hydrogens is 407 g/mol. The molecule has 4 nitrogen and oxygen atoms in total. The quantitative estimate of drug-likeness (QED) is 0.359. The molecule has 0 unspecified atom stereocenters. The van der Waals surface area contributed by atoms with Gasteiger partial charge in [0.05, 0.1) is 18.5 Å². The lowest BCUT2D eigenvalue weighted by Crippen LogP contribution is -2.27. The van der Waals surface area contributed by atoms with Crippen molar-refractivity contribution >= 4 is 13.4 Å². The monoisotopic (exact) mass is 434 g/mol. The van der Waals surface area contributed by atoms with Crippen molar-refractivity contribution in [1.82, 2.24) is 0 Å². The first-order valence-corrected chi connectivity index (χ1v) is 12.2. The highest BCUT2D eigenvalue weighted by Gasteiger charge is 2.50. The number of ether oxygens (including phenoxy) is 1. The minimum atomic E-state index is -3.55. The maximum Gasteiger partial charge on any atom is 0.361 e. The molecule has 0 spiro atoms. The van der Waals surface area contributed by atoms with Gasteiger partial charge in [-0.05, 0) is 13.8 Å². The summed E-state index contributed by atoms with van der Waals surface area (Å²) in [6.07, 6.45) is 0.378. The Morgan fingerprint density at radius 2 is 1.23 bits per heavy atom.